The third-order valence-electron chi connectivity index (χ3n) is 7.19. The number of rotatable bonds is 7. The summed E-state index contributed by atoms with van der Waals surface area (Å²) in [5.41, 5.74) is 2.88. The predicted octanol–water partition coefficient (Wildman–Crippen LogP) is 3.69. The fraction of sp³-hybridized carbons (Fsp3) is 0.133. The lowest BCUT2D eigenvalue weighted by Gasteiger charge is -2.32. The minimum atomic E-state index is -4.26. The number of ether oxygens (including phenoxy) is 1. The molecule has 1 amide bonds. The maximum Gasteiger partial charge on any atom is 0.276 e. The number of fused-ring (bicyclic) bond motifs is 2. The highest BCUT2D eigenvalue weighted by Gasteiger charge is 2.44. The van der Waals surface area contributed by atoms with E-state index in [1.54, 1.807) is 11.5 Å². The highest BCUT2D eigenvalue weighted by Crippen LogP contribution is 2.34. The van der Waals surface area contributed by atoms with E-state index in [0.717, 1.165) is 20.6 Å². The maximum atomic E-state index is 13.8. The van der Waals surface area contributed by atoms with Crippen molar-refractivity contribution in [2.24, 2.45) is 0 Å². The van der Waals surface area contributed by atoms with Crippen LogP contribution in [0.5, 0.6) is 5.75 Å². The lowest BCUT2D eigenvalue weighted by molar-refractivity contribution is -0.133. The van der Waals surface area contributed by atoms with Crippen LogP contribution in [0.15, 0.2) is 107 Å². The molecule has 6 rings (SSSR count). The standard InChI is InChI=1S/C30H26N4O6S/c35-29(32-37)28-27-25(31-34(30(27)36)26-12-6-10-21-9-4-5-11-24(21)26)17-18-33(28)41(38,39)23-15-13-22(14-16-23)40-19-20-7-2-1-3-8-20/h1-16,28,31,37H,17-19H2,(H,32,35). The largest absolute Gasteiger partial charge is 0.489 e. The van der Waals surface area contributed by atoms with Crippen LogP contribution in [-0.4, -0.2) is 40.2 Å². The fourth-order valence-electron chi connectivity index (χ4n) is 5.20. The summed E-state index contributed by atoms with van der Waals surface area (Å²) in [6.07, 6.45) is 0.162. The lowest BCUT2D eigenvalue weighted by atomic mass is 10.0. The van der Waals surface area contributed by atoms with Gasteiger partial charge in [0.05, 0.1) is 16.1 Å². The van der Waals surface area contributed by atoms with Gasteiger partial charge in [0.15, 0.2) is 0 Å². The van der Waals surface area contributed by atoms with Crippen molar-refractivity contribution in [3.63, 3.8) is 0 Å². The molecule has 0 saturated heterocycles. The zero-order valence-electron chi connectivity index (χ0n) is 21.7. The first kappa shape index (κ1) is 26.5. The fourth-order valence-corrected chi connectivity index (χ4v) is 6.76. The number of nitrogens with one attached hydrogen (secondary N) is 2. The molecule has 0 bridgehead atoms. The second-order valence-corrected chi connectivity index (χ2v) is 11.5. The Morgan fingerprint density at radius 3 is 2.41 bits per heavy atom. The Morgan fingerprint density at radius 1 is 0.951 bits per heavy atom. The van der Waals surface area contributed by atoms with Crippen molar-refractivity contribution in [2.45, 2.75) is 24.0 Å². The minimum Gasteiger partial charge on any atom is -0.489 e. The van der Waals surface area contributed by atoms with Crippen LogP contribution in [0, 0.1) is 0 Å². The van der Waals surface area contributed by atoms with Gasteiger partial charge in [-0.05, 0) is 41.3 Å². The highest BCUT2D eigenvalue weighted by atomic mass is 32.2. The molecule has 1 aliphatic rings. The van der Waals surface area contributed by atoms with Crippen LogP contribution in [0.25, 0.3) is 16.5 Å². The van der Waals surface area contributed by atoms with Gasteiger partial charge >= 0.3 is 0 Å². The third-order valence-corrected chi connectivity index (χ3v) is 9.07. The molecule has 41 heavy (non-hydrogen) atoms. The van der Waals surface area contributed by atoms with Crippen molar-refractivity contribution in [3.05, 3.63) is 124 Å². The van der Waals surface area contributed by atoms with Gasteiger partial charge in [0.25, 0.3) is 11.5 Å². The molecule has 1 aromatic heterocycles. The molecular formula is C30H26N4O6S. The number of nitrogens with zero attached hydrogens (tertiary/aromatic N) is 2. The zero-order valence-corrected chi connectivity index (χ0v) is 22.5. The second-order valence-electron chi connectivity index (χ2n) is 9.63. The average Bonchev–Trinajstić information content (AvgIpc) is 3.35. The molecular weight excluding hydrogens is 544 g/mol. The first-order valence-corrected chi connectivity index (χ1v) is 14.4. The van der Waals surface area contributed by atoms with Crippen LogP contribution >= 0.6 is 0 Å². The second kappa shape index (κ2) is 10.7. The molecule has 11 heteroatoms. The highest BCUT2D eigenvalue weighted by molar-refractivity contribution is 7.89. The molecule has 1 atom stereocenters. The summed E-state index contributed by atoms with van der Waals surface area (Å²) in [6, 6.07) is 26.9. The van der Waals surface area contributed by atoms with E-state index in [0.29, 0.717) is 23.7 Å². The minimum absolute atomic E-state index is 0.0397. The summed E-state index contributed by atoms with van der Waals surface area (Å²) < 4.78 is 35.6. The van der Waals surface area contributed by atoms with Gasteiger partial charge in [-0.2, -0.15) is 4.31 Å². The van der Waals surface area contributed by atoms with Crippen LogP contribution < -0.4 is 15.8 Å². The Morgan fingerprint density at radius 2 is 1.66 bits per heavy atom. The molecule has 5 aromatic rings. The Labute approximate surface area is 235 Å². The number of benzene rings is 4. The number of carbonyl (C=O) groups is 1. The number of hydrogen-bond donors (Lipinski definition) is 3. The molecule has 4 aromatic carbocycles. The van der Waals surface area contributed by atoms with Crippen LogP contribution in [0.4, 0.5) is 0 Å². The summed E-state index contributed by atoms with van der Waals surface area (Å²) in [5, 5.41) is 14.3. The van der Waals surface area contributed by atoms with Crippen molar-refractivity contribution >= 4 is 26.7 Å². The Balaban J connectivity index is 1.34. The summed E-state index contributed by atoms with van der Waals surface area (Å²) in [6.45, 7) is 0.228. The summed E-state index contributed by atoms with van der Waals surface area (Å²) in [5.74, 6) is -0.555. The van der Waals surface area contributed by atoms with E-state index >= 15 is 0 Å². The Kier molecular flexibility index (Phi) is 6.91. The van der Waals surface area contributed by atoms with Crippen LogP contribution in [-0.2, 0) is 27.8 Å². The quantitative estimate of drug-likeness (QED) is 0.202. The van der Waals surface area contributed by atoms with Crippen LogP contribution in [0.3, 0.4) is 0 Å². The third kappa shape index (κ3) is 4.80. The van der Waals surface area contributed by atoms with E-state index in [9.17, 15) is 23.2 Å². The van der Waals surface area contributed by atoms with E-state index in [4.69, 9.17) is 4.74 Å². The maximum absolute atomic E-state index is 13.8. The van der Waals surface area contributed by atoms with Gasteiger partial charge in [-0.25, -0.2) is 18.6 Å². The van der Waals surface area contributed by atoms with Crippen molar-refractivity contribution in [2.75, 3.05) is 6.54 Å². The first-order valence-electron chi connectivity index (χ1n) is 12.9. The van der Waals surface area contributed by atoms with Crippen molar-refractivity contribution in [1.29, 1.82) is 0 Å². The smallest absolute Gasteiger partial charge is 0.276 e. The average molecular weight is 571 g/mol. The van der Waals surface area contributed by atoms with Crippen molar-refractivity contribution in [3.8, 4) is 11.4 Å². The van der Waals surface area contributed by atoms with Crippen molar-refractivity contribution in [1.82, 2.24) is 19.6 Å². The Bertz CT molecular complexity index is 1890. The Hall–Kier alpha value is -4.71. The first-order chi connectivity index (χ1) is 19.9. The molecule has 208 valence electrons. The summed E-state index contributed by atoms with van der Waals surface area (Å²) in [7, 11) is -4.26. The number of aromatic nitrogens is 2. The number of sulfonamides is 1. The zero-order chi connectivity index (χ0) is 28.6. The molecule has 0 fully saturated rings. The normalized spacial score (nSPS) is 15.4. The lowest BCUT2D eigenvalue weighted by Crippen LogP contribution is -2.48. The topological polar surface area (TPSA) is 134 Å². The van der Waals surface area contributed by atoms with Gasteiger partial charge in [0.2, 0.25) is 10.0 Å². The number of amides is 1. The number of carbonyl (C=O) groups excluding carboxylic acids is 1. The molecule has 1 aliphatic heterocycles. The molecule has 2 heterocycles. The van der Waals surface area contributed by atoms with Gasteiger partial charge in [-0.15, -0.1) is 0 Å². The van der Waals surface area contributed by atoms with Gasteiger partial charge in [-0.3, -0.25) is 19.9 Å². The number of hydroxylamine groups is 1. The van der Waals surface area contributed by atoms with E-state index in [2.05, 4.69) is 5.10 Å². The number of aromatic amines is 1. The van der Waals surface area contributed by atoms with Gasteiger partial charge < -0.3 is 4.74 Å². The monoisotopic (exact) mass is 570 g/mol. The number of H-pyrrole nitrogens is 1. The summed E-state index contributed by atoms with van der Waals surface area (Å²) in [4.78, 5) is 26.6. The molecule has 3 N–H and O–H groups in total. The number of hydrogen-bond acceptors (Lipinski definition) is 6. The van der Waals surface area contributed by atoms with Crippen molar-refractivity contribution < 1.29 is 23.2 Å². The summed E-state index contributed by atoms with van der Waals surface area (Å²) >= 11 is 0. The van der Waals surface area contributed by atoms with Gasteiger partial charge in [-0.1, -0.05) is 66.7 Å². The molecule has 0 spiro atoms. The van der Waals surface area contributed by atoms with Crippen LogP contribution in [0.1, 0.15) is 22.9 Å². The molecule has 0 saturated carbocycles. The predicted molar refractivity (Wildman–Crippen MR) is 151 cm³/mol. The molecule has 1 unspecified atom stereocenters. The SMILES string of the molecule is O=C(NO)C1c2c([nH]n(-c3cccc4ccccc34)c2=O)CCN1S(=O)(=O)c1ccc(OCc2ccccc2)cc1. The van der Waals surface area contributed by atoms with E-state index in [1.807, 2.05) is 66.7 Å². The van der Waals surface area contributed by atoms with Gasteiger partial charge in [0.1, 0.15) is 18.4 Å². The van der Waals surface area contributed by atoms with E-state index in [1.165, 1.54) is 28.9 Å². The molecule has 0 radical (unpaired) electrons. The van der Waals surface area contributed by atoms with Crippen LogP contribution in [0.2, 0.25) is 0 Å². The van der Waals surface area contributed by atoms with E-state index in [-0.39, 0.29) is 23.4 Å². The van der Waals surface area contributed by atoms with E-state index < -0.39 is 27.5 Å². The molecule has 10 nitrogen and oxygen atoms in total. The molecule has 0 aliphatic carbocycles. The van der Waals surface area contributed by atoms with Gasteiger partial charge in [0, 0.05) is 24.0 Å².